The molecule has 0 radical (unpaired) electrons. The van der Waals surface area contributed by atoms with Crippen LogP contribution in [-0.4, -0.2) is 4.98 Å². The number of hydrogen-bond donors (Lipinski definition) is 0. The standard InChI is InChI=1S/C14H9BrClNOS/c15-11-2-1-3-12-13(11)18-14(17-12)19-8-9-4-6-10(16)7-5-9/h1-7H,8H2. The molecule has 0 fully saturated rings. The van der Waals surface area contributed by atoms with Crippen LogP contribution in [0.4, 0.5) is 0 Å². The first-order valence-corrected chi connectivity index (χ1v) is 7.80. The summed E-state index contributed by atoms with van der Waals surface area (Å²) in [5.41, 5.74) is 2.85. The maximum absolute atomic E-state index is 5.86. The summed E-state index contributed by atoms with van der Waals surface area (Å²) >= 11 is 10.9. The van der Waals surface area contributed by atoms with Gasteiger partial charge in [0.1, 0.15) is 5.52 Å². The third-order valence-corrected chi connectivity index (χ3v) is 4.40. The van der Waals surface area contributed by atoms with Gasteiger partial charge >= 0.3 is 0 Å². The highest BCUT2D eigenvalue weighted by Crippen LogP contribution is 2.30. The van der Waals surface area contributed by atoms with Gasteiger partial charge in [-0.25, -0.2) is 4.98 Å². The topological polar surface area (TPSA) is 26.0 Å². The molecule has 1 heterocycles. The lowest BCUT2D eigenvalue weighted by molar-refractivity contribution is 0.488. The smallest absolute Gasteiger partial charge is 0.257 e. The largest absolute Gasteiger partial charge is 0.430 e. The van der Waals surface area contributed by atoms with Crippen molar-refractivity contribution in [2.24, 2.45) is 0 Å². The zero-order chi connectivity index (χ0) is 13.2. The minimum Gasteiger partial charge on any atom is -0.430 e. The fraction of sp³-hybridized carbons (Fsp3) is 0.0714. The molecule has 0 amide bonds. The number of thioether (sulfide) groups is 1. The van der Waals surface area contributed by atoms with Crippen molar-refractivity contribution < 1.29 is 4.42 Å². The Bertz CT molecular complexity index is 711. The molecule has 0 unspecified atom stereocenters. The average molecular weight is 355 g/mol. The molecule has 0 spiro atoms. The first kappa shape index (κ1) is 13.0. The lowest BCUT2D eigenvalue weighted by Gasteiger charge is -1.98. The molecular formula is C14H9BrClNOS. The molecule has 3 aromatic rings. The van der Waals surface area contributed by atoms with Gasteiger partial charge < -0.3 is 4.42 Å². The number of aromatic nitrogens is 1. The second-order valence-electron chi connectivity index (χ2n) is 3.98. The van der Waals surface area contributed by atoms with E-state index in [0.717, 1.165) is 26.3 Å². The van der Waals surface area contributed by atoms with Gasteiger partial charge in [-0.1, -0.05) is 41.6 Å². The Hall–Kier alpha value is -0.970. The summed E-state index contributed by atoms with van der Waals surface area (Å²) < 4.78 is 6.65. The maximum atomic E-state index is 5.86. The lowest BCUT2D eigenvalue weighted by Crippen LogP contribution is -1.79. The van der Waals surface area contributed by atoms with Gasteiger partial charge in [0.05, 0.1) is 4.47 Å². The van der Waals surface area contributed by atoms with E-state index in [9.17, 15) is 0 Å². The summed E-state index contributed by atoms with van der Waals surface area (Å²) in [4.78, 5) is 4.45. The molecule has 0 aliphatic rings. The minimum atomic E-state index is 0.678. The molecule has 2 nitrogen and oxygen atoms in total. The summed E-state index contributed by atoms with van der Waals surface area (Å²) in [5.74, 6) is 0.807. The molecule has 3 rings (SSSR count). The summed E-state index contributed by atoms with van der Waals surface area (Å²) in [6.45, 7) is 0. The van der Waals surface area contributed by atoms with E-state index in [1.54, 1.807) is 11.8 Å². The number of hydrogen-bond acceptors (Lipinski definition) is 3. The van der Waals surface area contributed by atoms with E-state index < -0.39 is 0 Å². The van der Waals surface area contributed by atoms with E-state index in [4.69, 9.17) is 16.0 Å². The second-order valence-corrected chi connectivity index (χ2v) is 6.20. The average Bonchev–Trinajstić information content (AvgIpc) is 2.83. The van der Waals surface area contributed by atoms with Gasteiger partial charge in [0.2, 0.25) is 0 Å². The van der Waals surface area contributed by atoms with Gasteiger partial charge in [-0.3, -0.25) is 0 Å². The Labute approximate surface area is 128 Å². The van der Waals surface area contributed by atoms with Gasteiger partial charge in [0.25, 0.3) is 5.22 Å². The molecule has 0 aliphatic heterocycles. The van der Waals surface area contributed by atoms with Crippen LogP contribution in [0, 0.1) is 0 Å². The van der Waals surface area contributed by atoms with Crippen molar-refractivity contribution in [3.05, 3.63) is 57.5 Å². The number of para-hydroxylation sites is 1. The minimum absolute atomic E-state index is 0.678. The SMILES string of the molecule is Clc1ccc(CSc2nc3cccc(Br)c3o2)cc1. The molecule has 5 heteroatoms. The molecular weight excluding hydrogens is 346 g/mol. The highest BCUT2D eigenvalue weighted by atomic mass is 79.9. The molecule has 2 aromatic carbocycles. The Morgan fingerprint density at radius 1 is 1.16 bits per heavy atom. The van der Waals surface area contributed by atoms with Crippen LogP contribution in [0.5, 0.6) is 0 Å². The van der Waals surface area contributed by atoms with Gasteiger partial charge in [-0.15, -0.1) is 0 Å². The summed E-state index contributed by atoms with van der Waals surface area (Å²) in [6.07, 6.45) is 0. The molecule has 0 aliphatic carbocycles. The second kappa shape index (κ2) is 5.57. The van der Waals surface area contributed by atoms with Crippen LogP contribution >= 0.6 is 39.3 Å². The number of halogens is 2. The summed E-state index contributed by atoms with van der Waals surface area (Å²) in [6, 6.07) is 13.6. The van der Waals surface area contributed by atoms with Crippen molar-refractivity contribution in [3.63, 3.8) is 0 Å². The molecule has 0 N–H and O–H groups in total. The lowest BCUT2D eigenvalue weighted by atomic mass is 10.2. The number of nitrogens with zero attached hydrogens (tertiary/aromatic N) is 1. The first-order chi connectivity index (χ1) is 9.22. The van der Waals surface area contributed by atoms with Crippen LogP contribution < -0.4 is 0 Å². The van der Waals surface area contributed by atoms with E-state index in [1.165, 1.54) is 5.56 Å². The van der Waals surface area contributed by atoms with Crippen LogP contribution in [0.25, 0.3) is 11.1 Å². The summed E-state index contributed by atoms with van der Waals surface area (Å²) in [5, 5.41) is 1.43. The van der Waals surface area contributed by atoms with Crippen molar-refractivity contribution in [1.82, 2.24) is 4.98 Å². The maximum Gasteiger partial charge on any atom is 0.257 e. The quantitative estimate of drug-likeness (QED) is 0.578. The molecule has 0 atom stereocenters. The van der Waals surface area contributed by atoms with Gasteiger partial charge in [0, 0.05) is 10.8 Å². The molecule has 96 valence electrons. The fourth-order valence-corrected chi connectivity index (χ4v) is 3.03. The first-order valence-electron chi connectivity index (χ1n) is 5.65. The predicted octanol–water partition coefficient (Wildman–Crippen LogP) is 5.54. The van der Waals surface area contributed by atoms with Crippen molar-refractivity contribution >= 4 is 50.4 Å². The van der Waals surface area contributed by atoms with Crippen molar-refractivity contribution in [2.45, 2.75) is 11.0 Å². The van der Waals surface area contributed by atoms with Crippen molar-refractivity contribution in [3.8, 4) is 0 Å². The van der Waals surface area contributed by atoms with Crippen molar-refractivity contribution in [1.29, 1.82) is 0 Å². The highest BCUT2D eigenvalue weighted by molar-refractivity contribution is 9.10. The van der Waals surface area contributed by atoms with E-state index in [0.29, 0.717) is 5.22 Å². The predicted molar refractivity (Wildman–Crippen MR) is 82.7 cm³/mol. The van der Waals surface area contributed by atoms with E-state index in [-0.39, 0.29) is 0 Å². The zero-order valence-electron chi connectivity index (χ0n) is 9.77. The zero-order valence-corrected chi connectivity index (χ0v) is 12.9. The molecule has 19 heavy (non-hydrogen) atoms. The van der Waals surface area contributed by atoms with Crippen LogP contribution in [0.2, 0.25) is 5.02 Å². The van der Waals surface area contributed by atoms with Crippen LogP contribution in [0.3, 0.4) is 0 Å². The number of benzene rings is 2. The van der Waals surface area contributed by atoms with Crippen LogP contribution in [0.15, 0.2) is 56.6 Å². The Morgan fingerprint density at radius 3 is 2.68 bits per heavy atom. The van der Waals surface area contributed by atoms with Crippen LogP contribution in [-0.2, 0) is 5.75 Å². The third kappa shape index (κ3) is 2.96. The van der Waals surface area contributed by atoms with Crippen LogP contribution in [0.1, 0.15) is 5.56 Å². The van der Waals surface area contributed by atoms with Gasteiger partial charge in [-0.2, -0.15) is 0 Å². The normalized spacial score (nSPS) is 11.1. The van der Waals surface area contributed by atoms with Gasteiger partial charge in [0.15, 0.2) is 5.58 Å². The number of rotatable bonds is 3. The highest BCUT2D eigenvalue weighted by Gasteiger charge is 2.08. The van der Waals surface area contributed by atoms with Gasteiger partial charge in [-0.05, 0) is 45.8 Å². The molecule has 1 aromatic heterocycles. The molecule has 0 bridgehead atoms. The Morgan fingerprint density at radius 2 is 1.95 bits per heavy atom. The van der Waals surface area contributed by atoms with E-state index >= 15 is 0 Å². The Kier molecular flexibility index (Phi) is 3.82. The Balaban J connectivity index is 1.78. The molecule has 0 saturated heterocycles. The summed E-state index contributed by atoms with van der Waals surface area (Å²) in [7, 11) is 0. The van der Waals surface area contributed by atoms with E-state index in [1.807, 2.05) is 42.5 Å². The van der Waals surface area contributed by atoms with Crippen molar-refractivity contribution in [2.75, 3.05) is 0 Å². The van der Waals surface area contributed by atoms with E-state index in [2.05, 4.69) is 20.9 Å². The number of fused-ring (bicyclic) bond motifs is 1. The third-order valence-electron chi connectivity index (χ3n) is 2.62. The fourth-order valence-electron chi connectivity index (χ4n) is 1.68. The monoisotopic (exact) mass is 353 g/mol. The molecule has 0 saturated carbocycles. The number of oxazole rings is 1.